The summed E-state index contributed by atoms with van der Waals surface area (Å²) in [4.78, 5) is 32.3. The summed E-state index contributed by atoms with van der Waals surface area (Å²) in [6.07, 6.45) is 2.30. The molecule has 2 atom stereocenters. The van der Waals surface area contributed by atoms with Gasteiger partial charge in [0, 0.05) is 25.6 Å². The zero-order chi connectivity index (χ0) is 18.8. The zero-order valence-corrected chi connectivity index (χ0v) is 15.6. The van der Waals surface area contributed by atoms with Crippen LogP contribution in [0.4, 0.5) is 4.79 Å². The number of nitrogens with zero attached hydrogens (tertiary/aromatic N) is 4. The fraction of sp³-hybridized carbons (Fsp3) is 0.647. The largest absolute Gasteiger partial charge is 0.337 e. The molecule has 1 aromatic rings. The number of amides is 3. The lowest BCUT2D eigenvalue weighted by Crippen LogP contribution is -2.47. The number of hydrogen-bond acceptors (Lipinski definition) is 5. The van der Waals surface area contributed by atoms with E-state index in [1.165, 1.54) is 4.90 Å². The highest BCUT2D eigenvalue weighted by Crippen LogP contribution is 2.21. The number of hydrogen-bond donors (Lipinski definition) is 1. The van der Waals surface area contributed by atoms with Gasteiger partial charge in [-0.05, 0) is 13.3 Å². The second-order valence-electron chi connectivity index (χ2n) is 7.37. The van der Waals surface area contributed by atoms with Gasteiger partial charge in [-0.25, -0.2) is 4.79 Å². The normalized spacial score (nSPS) is 19.0. The van der Waals surface area contributed by atoms with Crippen LogP contribution in [-0.2, 0) is 10.2 Å². The van der Waals surface area contributed by atoms with Crippen molar-refractivity contribution in [3.05, 3.63) is 24.4 Å². The quantitative estimate of drug-likeness (QED) is 0.819. The zero-order valence-electron chi connectivity index (χ0n) is 15.6. The Morgan fingerprint density at radius 2 is 2.24 bits per heavy atom. The molecule has 1 aliphatic heterocycles. The Kier molecular flexibility index (Phi) is 5.49. The van der Waals surface area contributed by atoms with E-state index >= 15 is 0 Å². The highest BCUT2D eigenvalue weighted by Gasteiger charge is 2.36. The molecule has 8 heteroatoms. The van der Waals surface area contributed by atoms with Gasteiger partial charge in [0.1, 0.15) is 12.1 Å². The first-order chi connectivity index (χ1) is 11.6. The van der Waals surface area contributed by atoms with Gasteiger partial charge in [0.25, 0.3) is 0 Å². The second-order valence-corrected chi connectivity index (χ2v) is 7.37. The number of carbonyl (C=O) groups is 2. The molecule has 2 rings (SSSR count). The molecule has 1 saturated heterocycles. The van der Waals surface area contributed by atoms with Gasteiger partial charge >= 0.3 is 6.03 Å². The van der Waals surface area contributed by atoms with E-state index in [-0.39, 0.29) is 17.4 Å². The molecule has 0 spiro atoms. The predicted molar refractivity (Wildman–Crippen MR) is 92.9 cm³/mol. The second kappa shape index (κ2) is 7.25. The molecular weight excluding hydrogens is 322 g/mol. The van der Waals surface area contributed by atoms with Crippen LogP contribution in [0, 0.1) is 0 Å². The summed E-state index contributed by atoms with van der Waals surface area (Å²) in [5.74, 6) is 0.874. The summed E-state index contributed by atoms with van der Waals surface area (Å²) in [6, 6.07) is -1.25. The van der Waals surface area contributed by atoms with Crippen molar-refractivity contribution in [2.24, 2.45) is 0 Å². The number of urea groups is 1. The van der Waals surface area contributed by atoms with Crippen LogP contribution in [-0.4, -0.2) is 58.1 Å². The number of aromatic nitrogens is 2. The Morgan fingerprint density at radius 3 is 2.80 bits per heavy atom. The monoisotopic (exact) mass is 349 g/mol. The van der Waals surface area contributed by atoms with Crippen LogP contribution in [0.3, 0.4) is 0 Å². The molecule has 0 radical (unpaired) electrons. The van der Waals surface area contributed by atoms with E-state index in [4.69, 9.17) is 4.52 Å². The Hall–Kier alpha value is -2.38. The van der Waals surface area contributed by atoms with Crippen LogP contribution in [0.15, 0.2) is 17.2 Å². The van der Waals surface area contributed by atoms with Gasteiger partial charge in [-0.15, -0.1) is 6.58 Å². The predicted octanol–water partition coefficient (Wildman–Crippen LogP) is 1.86. The van der Waals surface area contributed by atoms with Gasteiger partial charge in [-0.2, -0.15) is 4.98 Å². The van der Waals surface area contributed by atoms with E-state index in [1.54, 1.807) is 24.9 Å². The molecule has 3 amide bonds. The lowest BCUT2D eigenvalue weighted by atomic mass is 9.96. The highest BCUT2D eigenvalue weighted by molar-refractivity contribution is 5.88. The first kappa shape index (κ1) is 19.0. The van der Waals surface area contributed by atoms with Crippen LogP contribution >= 0.6 is 0 Å². The number of nitrogens with one attached hydrogen (secondary N) is 1. The maximum absolute atomic E-state index is 12.5. The molecule has 0 bridgehead atoms. The van der Waals surface area contributed by atoms with Crippen molar-refractivity contribution >= 4 is 11.9 Å². The SMILES string of the molecule is C=CCN1CC[C@H](N(C)C(=O)N[C@H](C)c2nc(C(C)(C)C)no2)C1=O. The van der Waals surface area contributed by atoms with Crippen molar-refractivity contribution in [1.82, 2.24) is 25.3 Å². The van der Waals surface area contributed by atoms with Crippen LogP contribution < -0.4 is 5.32 Å². The Bertz CT molecular complexity index is 649. The van der Waals surface area contributed by atoms with Crippen molar-refractivity contribution in [1.29, 1.82) is 0 Å². The van der Waals surface area contributed by atoms with E-state index in [9.17, 15) is 9.59 Å². The molecule has 0 aliphatic carbocycles. The lowest BCUT2D eigenvalue weighted by Gasteiger charge is -2.25. The number of rotatable bonds is 5. The third-order valence-electron chi connectivity index (χ3n) is 4.23. The van der Waals surface area contributed by atoms with Crippen LogP contribution in [0.2, 0.25) is 0 Å². The van der Waals surface area contributed by atoms with Crippen LogP contribution in [0.1, 0.15) is 51.9 Å². The third kappa shape index (κ3) is 4.18. The highest BCUT2D eigenvalue weighted by atomic mass is 16.5. The van der Waals surface area contributed by atoms with Crippen molar-refractivity contribution in [2.45, 2.75) is 51.6 Å². The molecule has 138 valence electrons. The number of carbonyl (C=O) groups excluding carboxylic acids is 2. The average molecular weight is 349 g/mol. The smallest absolute Gasteiger partial charge is 0.318 e. The minimum atomic E-state index is -0.458. The number of likely N-dealkylation sites (tertiary alicyclic amines) is 1. The van der Waals surface area contributed by atoms with Crippen molar-refractivity contribution in [3.63, 3.8) is 0 Å². The van der Waals surface area contributed by atoms with E-state index in [1.807, 2.05) is 20.8 Å². The maximum atomic E-state index is 12.5. The molecule has 1 N–H and O–H groups in total. The molecule has 2 heterocycles. The lowest BCUT2D eigenvalue weighted by molar-refractivity contribution is -0.130. The molecule has 1 aliphatic rings. The minimum absolute atomic E-state index is 0.0574. The molecular formula is C17H27N5O3. The molecule has 0 aromatic carbocycles. The van der Waals surface area contributed by atoms with Gasteiger partial charge in [0.2, 0.25) is 11.8 Å². The van der Waals surface area contributed by atoms with Crippen molar-refractivity contribution < 1.29 is 14.1 Å². The minimum Gasteiger partial charge on any atom is -0.337 e. The van der Waals surface area contributed by atoms with Crippen molar-refractivity contribution in [3.8, 4) is 0 Å². The Labute approximate surface area is 148 Å². The summed E-state index contributed by atoms with van der Waals surface area (Å²) in [5.41, 5.74) is -0.229. The van der Waals surface area contributed by atoms with Gasteiger partial charge < -0.3 is 19.6 Å². The third-order valence-corrected chi connectivity index (χ3v) is 4.23. The Balaban J connectivity index is 1.98. The van der Waals surface area contributed by atoms with Gasteiger partial charge in [-0.1, -0.05) is 32.0 Å². The summed E-state index contributed by atoms with van der Waals surface area (Å²) in [5, 5.41) is 6.76. The first-order valence-electron chi connectivity index (χ1n) is 8.42. The fourth-order valence-electron chi connectivity index (χ4n) is 2.62. The summed E-state index contributed by atoms with van der Waals surface area (Å²) < 4.78 is 5.25. The van der Waals surface area contributed by atoms with E-state index in [2.05, 4.69) is 22.0 Å². The standard InChI is InChI=1S/C17H27N5O3/c1-7-9-22-10-8-12(14(22)23)21(6)16(24)18-11(2)13-19-15(20-25-13)17(3,4)5/h7,11-12H,1,8-10H2,2-6H3,(H,18,24)/t11-,12+/m1/s1. The van der Waals surface area contributed by atoms with Crippen LogP contribution in [0.5, 0.6) is 0 Å². The average Bonchev–Trinajstić information content (AvgIpc) is 3.15. The maximum Gasteiger partial charge on any atom is 0.318 e. The first-order valence-corrected chi connectivity index (χ1v) is 8.42. The van der Waals surface area contributed by atoms with Gasteiger partial charge in [0.05, 0.1) is 0 Å². The van der Waals surface area contributed by atoms with E-state index < -0.39 is 12.1 Å². The van der Waals surface area contributed by atoms with Crippen LogP contribution in [0.25, 0.3) is 0 Å². The van der Waals surface area contributed by atoms with Crippen molar-refractivity contribution in [2.75, 3.05) is 20.1 Å². The topological polar surface area (TPSA) is 91.6 Å². The Morgan fingerprint density at radius 1 is 1.56 bits per heavy atom. The van der Waals surface area contributed by atoms with E-state index in [0.29, 0.717) is 31.2 Å². The van der Waals surface area contributed by atoms with Gasteiger partial charge in [0.15, 0.2) is 5.82 Å². The molecule has 0 saturated carbocycles. The summed E-state index contributed by atoms with van der Waals surface area (Å²) in [7, 11) is 1.62. The van der Waals surface area contributed by atoms with Gasteiger partial charge in [-0.3, -0.25) is 4.79 Å². The molecule has 1 fully saturated rings. The fourth-order valence-corrected chi connectivity index (χ4v) is 2.62. The molecule has 25 heavy (non-hydrogen) atoms. The van der Waals surface area contributed by atoms with E-state index in [0.717, 1.165) is 0 Å². The summed E-state index contributed by atoms with van der Waals surface area (Å²) in [6.45, 7) is 12.5. The summed E-state index contributed by atoms with van der Waals surface area (Å²) >= 11 is 0. The molecule has 8 nitrogen and oxygen atoms in total. The molecule has 0 unspecified atom stereocenters. The number of likely N-dealkylation sites (N-methyl/N-ethyl adjacent to an activating group) is 1. The molecule has 1 aromatic heterocycles.